The van der Waals surface area contributed by atoms with Crippen LogP contribution in [0.1, 0.15) is 18.1 Å². The number of pyridine rings is 1. The summed E-state index contributed by atoms with van der Waals surface area (Å²) in [5, 5.41) is 10.6. The highest BCUT2D eigenvalue weighted by atomic mass is 35.5. The van der Waals surface area contributed by atoms with Gasteiger partial charge in [-0.1, -0.05) is 29.3 Å². The zero-order valence-electron chi connectivity index (χ0n) is 10.4. The average Bonchev–Trinajstić information content (AvgIpc) is 2.38. The van der Waals surface area contributed by atoms with Gasteiger partial charge in [-0.15, -0.1) is 0 Å². The van der Waals surface area contributed by atoms with Gasteiger partial charge < -0.3 is 0 Å². The molecule has 0 spiro atoms. The van der Waals surface area contributed by atoms with E-state index >= 15 is 0 Å². The molecule has 0 aliphatic rings. The van der Waals surface area contributed by atoms with Crippen LogP contribution in [0.3, 0.4) is 0 Å². The second-order valence-electron chi connectivity index (χ2n) is 4.64. The molecule has 0 fully saturated rings. The van der Waals surface area contributed by atoms with E-state index in [-0.39, 0.29) is 0 Å². The minimum atomic E-state index is -0.683. The normalized spacial score (nSPS) is 13.6. The third kappa shape index (κ3) is 3.26. The Balaban J connectivity index is 2.40. The number of halogens is 2. The highest BCUT2D eigenvalue weighted by Gasteiger charge is 2.27. The first-order valence-electron chi connectivity index (χ1n) is 5.80. The number of aromatic nitrogens is 1. The van der Waals surface area contributed by atoms with Crippen molar-refractivity contribution in [2.24, 2.45) is 0 Å². The van der Waals surface area contributed by atoms with Gasteiger partial charge in [0.2, 0.25) is 0 Å². The summed E-state index contributed by atoms with van der Waals surface area (Å²) < 4.78 is 0. The fraction of sp³-hybridized carbons (Fsp3) is 0.200. The lowest BCUT2D eigenvalue weighted by Gasteiger charge is -2.22. The number of nitriles is 1. The molecule has 0 radical (unpaired) electrons. The summed E-state index contributed by atoms with van der Waals surface area (Å²) in [6.07, 6.45) is 4.04. The number of hydrogen-bond acceptors (Lipinski definition) is 2. The summed E-state index contributed by atoms with van der Waals surface area (Å²) >= 11 is 12.0. The van der Waals surface area contributed by atoms with E-state index in [1.807, 2.05) is 19.1 Å². The molecule has 96 valence electrons. The van der Waals surface area contributed by atoms with E-state index in [0.29, 0.717) is 16.5 Å². The van der Waals surface area contributed by atoms with Gasteiger partial charge in [-0.25, -0.2) is 0 Å². The number of benzene rings is 1. The summed E-state index contributed by atoms with van der Waals surface area (Å²) in [4.78, 5) is 4.07. The molecule has 0 aliphatic heterocycles. The molecule has 1 heterocycles. The van der Waals surface area contributed by atoms with Gasteiger partial charge in [-0.05, 0) is 48.7 Å². The third-order valence-electron chi connectivity index (χ3n) is 3.03. The van der Waals surface area contributed by atoms with Crippen LogP contribution in [0.4, 0.5) is 0 Å². The minimum absolute atomic E-state index is 0.537. The summed E-state index contributed by atoms with van der Waals surface area (Å²) in [7, 11) is 0. The molecule has 1 unspecified atom stereocenters. The summed E-state index contributed by atoms with van der Waals surface area (Å²) in [6, 6.07) is 11.4. The van der Waals surface area contributed by atoms with Crippen LogP contribution in [0.5, 0.6) is 0 Å². The molecule has 0 saturated heterocycles. The molecule has 0 saturated carbocycles. The predicted molar refractivity (Wildman–Crippen MR) is 77.4 cm³/mol. The van der Waals surface area contributed by atoms with Crippen LogP contribution in [-0.4, -0.2) is 4.98 Å². The maximum Gasteiger partial charge on any atom is 0.0836 e. The Kier molecular flexibility index (Phi) is 4.09. The highest BCUT2D eigenvalue weighted by molar-refractivity contribution is 6.34. The third-order valence-corrected chi connectivity index (χ3v) is 3.46. The summed E-state index contributed by atoms with van der Waals surface area (Å²) in [5.41, 5.74) is 1.14. The Morgan fingerprint density at radius 3 is 2.47 bits per heavy atom. The first-order valence-corrected chi connectivity index (χ1v) is 6.56. The fourth-order valence-electron chi connectivity index (χ4n) is 1.99. The smallest absolute Gasteiger partial charge is 0.0836 e. The molecule has 0 N–H and O–H groups in total. The van der Waals surface area contributed by atoms with Gasteiger partial charge >= 0.3 is 0 Å². The molecule has 19 heavy (non-hydrogen) atoms. The molecule has 2 rings (SSSR count). The summed E-state index contributed by atoms with van der Waals surface area (Å²) in [5.74, 6) is 0. The van der Waals surface area contributed by atoms with Crippen molar-refractivity contribution in [2.45, 2.75) is 18.8 Å². The van der Waals surface area contributed by atoms with Crippen molar-refractivity contribution in [1.29, 1.82) is 5.26 Å². The first-order chi connectivity index (χ1) is 9.03. The molecule has 0 amide bonds. The van der Waals surface area contributed by atoms with Crippen molar-refractivity contribution in [3.63, 3.8) is 0 Å². The first kappa shape index (κ1) is 13.9. The number of nitrogens with zero attached hydrogens (tertiary/aromatic N) is 2. The standard InChI is InChI=1S/C15H12Cl2N2/c1-15(10-18,8-11-3-2-4-19-9-11)12-5-13(16)7-14(17)6-12/h2-7,9H,8H2,1H3. The molecule has 4 heteroatoms. The fourth-order valence-corrected chi connectivity index (χ4v) is 2.52. The Labute approximate surface area is 122 Å². The van der Waals surface area contributed by atoms with Crippen molar-refractivity contribution < 1.29 is 0 Å². The van der Waals surface area contributed by atoms with Gasteiger partial charge in [0.25, 0.3) is 0 Å². The van der Waals surface area contributed by atoms with E-state index in [1.54, 1.807) is 30.6 Å². The molecule has 1 aromatic heterocycles. The zero-order valence-corrected chi connectivity index (χ0v) is 11.9. The quantitative estimate of drug-likeness (QED) is 0.839. The van der Waals surface area contributed by atoms with Crippen LogP contribution in [0.15, 0.2) is 42.7 Å². The molecule has 0 bridgehead atoms. The van der Waals surface area contributed by atoms with E-state index in [4.69, 9.17) is 23.2 Å². The topological polar surface area (TPSA) is 36.7 Å². The summed E-state index contributed by atoms with van der Waals surface area (Å²) in [6.45, 7) is 1.88. The van der Waals surface area contributed by atoms with Crippen LogP contribution in [0.2, 0.25) is 10.0 Å². The van der Waals surface area contributed by atoms with Crippen molar-refractivity contribution in [2.75, 3.05) is 0 Å². The average molecular weight is 291 g/mol. The van der Waals surface area contributed by atoms with Gasteiger partial charge in [-0.2, -0.15) is 5.26 Å². The molecule has 1 aromatic carbocycles. The molecule has 0 aliphatic carbocycles. The van der Waals surface area contributed by atoms with Crippen molar-refractivity contribution in [3.8, 4) is 6.07 Å². The molecular weight excluding hydrogens is 279 g/mol. The van der Waals surface area contributed by atoms with E-state index in [2.05, 4.69) is 11.1 Å². The maximum absolute atomic E-state index is 9.53. The lowest BCUT2D eigenvalue weighted by Crippen LogP contribution is -2.23. The van der Waals surface area contributed by atoms with Gasteiger partial charge in [0.05, 0.1) is 11.5 Å². The predicted octanol–water partition coefficient (Wildman–Crippen LogP) is 4.41. The van der Waals surface area contributed by atoms with E-state index < -0.39 is 5.41 Å². The van der Waals surface area contributed by atoms with Crippen LogP contribution < -0.4 is 0 Å². The monoisotopic (exact) mass is 290 g/mol. The Morgan fingerprint density at radius 2 is 1.95 bits per heavy atom. The van der Waals surface area contributed by atoms with Crippen molar-refractivity contribution in [1.82, 2.24) is 4.98 Å². The van der Waals surface area contributed by atoms with E-state index in [9.17, 15) is 5.26 Å². The number of rotatable bonds is 3. The Hall–Kier alpha value is -1.56. The molecule has 1 atom stereocenters. The second-order valence-corrected chi connectivity index (χ2v) is 5.51. The Morgan fingerprint density at radius 1 is 1.26 bits per heavy atom. The van der Waals surface area contributed by atoms with Crippen LogP contribution >= 0.6 is 23.2 Å². The SMILES string of the molecule is CC(C#N)(Cc1cccnc1)c1cc(Cl)cc(Cl)c1. The largest absolute Gasteiger partial charge is 0.264 e. The maximum atomic E-state index is 9.53. The van der Waals surface area contributed by atoms with Crippen molar-refractivity contribution in [3.05, 3.63) is 63.9 Å². The van der Waals surface area contributed by atoms with E-state index in [0.717, 1.165) is 11.1 Å². The van der Waals surface area contributed by atoms with Crippen LogP contribution in [0, 0.1) is 11.3 Å². The van der Waals surface area contributed by atoms with Gasteiger partial charge in [0.1, 0.15) is 0 Å². The molecule has 2 nitrogen and oxygen atoms in total. The second kappa shape index (κ2) is 5.61. The minimum Gasteiger partial charge on any atom is -0.264 e. The van der Waals surface area contributed by atoms with E-state index in [1.165, 1.54) is 0 Å². The lowest BCUT2D eigenvalue weighted by atomic mass is 9.79. The number of hydrogen-bond donors (Lipinski definition) is 0. The molecular formula is C15H12Cl2N2. The highest BCUT2D eigenvalue weighted by Crippen LogP contribution is 2.31. The van der Waals surface area contributed by atoms with Crippen LogP contribution in [0.25, 0.3) is 0 Å². The van der Waals surface area contributed by atoms with Gasteiger partial charge in [0, 0.05) is 22.4 Å². The van der Waals surface area contributed by atoms with Crippen LogP contribution in [-0.2, 0) is 11.8 Å². The Bertz CT molecular complexity index is 600. The van der Waals surface area contributed by atoms with Gasteiger partial charge in [-0.3, -0.25) is 4.98 Å². The lowest BCUT2D eigenvalue weighted by molar-refractivity contribution is 0.605. The zero-order chi connectivity index (χ0) is 13.9. The molecule has 2 aromatic rings. The van der Waals surface area contributed by atoms with Gasteiger partial charge in [0.15, 0.2) is 0 Å². The van der Waals surface area contributed by atoms with Crippen molar-refractivity contribution >= 4 is 23.2 Å².